The molecular weight excluding hydrogens is 291 g/mol. The summed E-state index contributed by atoms with van der Waals surface area (Å²) in [6.07, 6.45) is 0. The highest BCUT2D eigenvalue weighted by atomic mass is 35.5. The second-order valence-electron chi connectivity index (χ2n) is 4.44. The average Bonchev–Trinajstić information content (AvgIpc) is 2.98. The summed E-state index contributed by atoms with van der Waals surface area (Å²) in [6.45, 7) is 0.345. The van der Waals surface area contributed by atoms with E-state index in [0.29, 0.717) is 17.9 Å². The second-order valence-corrected chi connectivity index (χ2v) is 4.85. The van der Waals surface area contributed by atoms with Crippen molar-refractivity contribution in [2.45, 2.75) is 6.54 Å². The number of hydrogen-bond acceptors (Lipinski definition) is 3. The third kappa shape index (κ3) is 2.87. The van der Waals surface area contributed by atoms with Crippen molar-refractivity contribution in [1.29, 1.82) is 0 Å². The Hall–Kier alpha value is -2.40. The Morgan fingerprint density at radius 2 is 1.86 bits per heavy atom. The zero-order valence-corrected chi connectivity index (χ0v) is 11.7. The fourth-order valence-electron chi connectivity index (χ4n) is 2.02. The van der Waals surface area contributed by atoms with Crippen molar-refractivity contribution in [1.82, 2.24) is 15.4 Å². The van der Waals surface area contributed by atoms with Crippen LogP contribution in [0.3, 0.4) is 0 Å². The van der Waals surface area contributed by atoms with Gasteiger partial charge < -0.3 is 5.32 Å². The van der Waals surface area contributed by atoms with Gasteiger partial charge in [-0.15, -0.1) is 0 Å². The molecule has 0 saturated carbocycles. The van der Waals surface area contributed by atoms with Crippen LogP contribution < -0.4 is 5.32 Å². The summed E-state index contributed by atoms with van der Waals surface area (Å²) in [6, 6.07) is 14.5. The first-order valence-electron chi connectivity index (χ1n) is 6.38. The molecule has 0 radical (unpaired) electrons. The number of H-pyrrole nitrogens is 1. The normalized spacial score (nSPS) is 10.6. The molecule has 0 unspecified atom stereocenters. The SMILES string of the molecule is Fc1c(Cl)cccc1NCc1n[nH]nc1-c1ccccc1. The standard InChI is InChI=1S/C15H12ClFN4/c16-11-7-4-8-12(14(11)17)18-9-13-15(20-21-19-13)10-5-2-1-3-6-10/h1-8,18H,9H2,(H,19,20,21). The van der Waals surface area contributed by atoms with Gasteiger partial charge in [-0.25, -0.2) is 4.39 Å². The monoisotopic (exact) mass is 302 g/mol. The van der Waals surface area contributed by atoms with Gasteiger partial charge in [0.05, 0.1) is 17.3 Å². The van der Waals surface area contributed by atoms with E-state index in [4.69, 9.17) is 11.6 Å². The van der Waals surface area contributed by atoms with Crippen LogP contribution in [-0.2, 0) is 6.54 Å². The van der Waals surface area contributed by atoms with Crippen molar-refractivity contribution in [2.75, 3.05) is 5.32 Å². The smallest absolute Gasteiger partial charge is 0.164 e. The van der Waals surface area contributed by atoms with Crippen LogP contribution in [-0.4, -0.2) is 15.4 Å². The van der Waals surface area contributed by atoms with E-state index < -0.39 is 5.82 Å². The van der Waals surface area contributed by atoms with Crippen LogP contribution in [0.4, 0.5) is 10.1 Å². The van der Waals surface area contributed by atoms with Crippen molar-refractivity contribution in [3.8, 4) is 11.3 Å². The maximum atomic E-state index is 13.8. The molecule has 0 aliphatic carbocycles. The van der Waals surface area contributed by atoms with Crippen LogP contribution in [0.25, 0.3) is 11.3 Å². The van der Waals surface area contributed by atoms with Crippen LogP contribution in [0, 0.1) is 5.82 Å². The first kappa shape index (κ1) is 13.6. The van der Waals surface area contributed by atoms with Crippen molar-refractivity contribution in [2.24, 2.45) is 0 Å². The quantitative estimate of drug-likeness (QED) is 0.769. The Labute approximate surface area is 126 Å². The van der Waals surface area contributed by atoms with E-state index >= 15 is 0 Å². The molecule has 0 bridgehead atoms. The van der Waals surface area contributed by atoms with E-state index in [2.05, 4.69) is 20.7 Å². The molecule has 4 nitrogen and oxygen atoms in total. The molecule has 1 aromatic heterocycles. The molecule has 1 heterocycles. The predicted octanol–water partition coefficient (Wildman–Crippen LogP) is 3.88. The Morgan fingerprint density at radius 3 is 2.67 bits per heavy atom. The first-order valence-corrected chi connectivity index (χ1v) is 6.76. The van der Waals surface area contributed by atoms with Gasteiger partial charge in [-0.05, 0) is 12.1 Å². The van der Waals surface area contributed by atoms with Gasteiger partial charge in [-0.3, -0.25) is 0 Å². The number of anilines is 1. The maximum absolute atomic E-state index is 13.8. The Kier molecular flexibility index (Phi) is 3.83. The summed E-state index contributed by atoms with van der Waals surface area (Å²) in [7, 11) is 0. The average molecular weight is 303 g/mol. The van der Waals surface area contributed by atoms with E-state index in [0.717, 1.165) is 11.3 Å². The van der Waals surface area contributed by atoms with E-state index in [1.54, 1.807) is 12.1 Å². The highest BCUT2D eigenvalue weighted by Crippen LogP contribution is 2.24. The van der Waals surface area contributed by atoms with Crippen LogP contribution in [0.5, 0.6) is 0 Å². The molecule has 3 aromatic rings. The van der Waals surface area contributed by atoms with Gasteiger partial charge >= 0.3 is 0 Å². The highest BCUT2D eigenvalue weighted by Gasteiger charge is 2.11. The number of halogens is 2. The lowest BCUT2D eigenvalue weighted by Crippen LogP contribution is -2.03. The Balaban J connectivity index is 1.81. The van der Waals surface area contributed by atoms with Crippen LogP contribution in [0.1, 0.15) is 5.69 Å². The summed E-state index contributed by atoms with van der Waals surface area (Å²) < 4.78 is 13.8. The molecule has 0 aliphatic rings. The lowest BCUT2D eigenvalue weighted by molar-refractivity contribution is 0.630. The molecule has 0 amide bonds. The maximum Gasteiger partial charge on any atom is 0.164 e. The minimum Gasteiger partial charge on any atom is -0.377 e. The third-order valence-corrected chi connectivity index (χ3v) is 3.36. The van der Waals surface area contributed by atoms with E-state index in [9.17, 15) is 4.39 Å². The van der Waals surface area contributed by atoms with Gasteiger partial charge in [0.15, 0.2) is 5.82 Å². The van der Waals surface area contributed by atoms with Gasteiger partial charge in [-0.1, -0.05) is 48.0 Å². The molecule has 2 aromatic carbocycles. The summed E-state index contributed by atoms with van der Waals surface area (Å²) in [4.78, 5) is 0. The highest BCUT2D eigenvalue weighted by molar-refractivity contribution is 6.31. The summed E-state index contributed by atoms with van der Waals surface area (Å²) in [5.41, 5.74) is 2.74. The Bertz CT molecular complexity index is 742. The molecule has 0 fully saturated rings. The summed E-state index contributed by atoms with van der Waals surface area (Å²) in [5, 5.41) is 13.9. The van der Waals surface area contributed by atoms with Gasteiger partial charge in [0.2, 0.25) is 0 Å². The second kappa shape index (κ2) is 5.93. The van der Waals surface area contributed by atoms with E-state index in [1.807, 2.05) is 30.3 Å². The van der Waals surface area contributed by atoms with Crippen LogP contribution in [0.2, 0.25) is 5.02 Å². The molecule has 0 spiro atoms. The summed E-state index contributed by atoms with van der Waals surface area (Å²) in [5.74, 6) is -0.469. The number of hydrogen-bond donors (Lipinski definition) is 2. The molecule has 0 atom stereocenters. The van der Waals surface area contributed by atoms with Gasteiger partial charge in [0.1, 0.15) is 11.4 Å². The number of aromatic nitrogens is 3. The number of aromatic amines is 1. The van der Waals surface area contributed by atoms with E-state index in [-0.39, 0.29) is 5.02 Å². The fourth-order valence-corrected chi connectivity index (χ4v) is 2.20. The largest absolute Gasteiger partial charge is 0.377 e. The van der Waals surface area contributed by atoms with Gasteiger partial charge in [-0.2, -0.15) is 15.4 Å². The molecule has 2 N–H and O–H groups in total. The van der Waals surface area contributed by atoms with Crippen molar-refractivity contribution in [3.05, 3.63) is 65.1 Å². The molecule has 106 valence electrons. The van der Waals surface area contributed by atoms with Gasteiger partial charge in [0, 0.05) is 5.56 Å². The van der Waals surface area contributed by atoms with Crippen LogP contribution >= 0.6 is 11.6 Å². The van der Waals surface area contributed by atoms with Crippen LogP contribution in [0.15, 0.2) is 48.5 Å². The molecule has 3 rings (SSSR count). The third-order valence-electron chi connectivity index (χ3n) is 3.07. The molecule has 6 heteroatoms. The lowest BCUT2D eigenvalue weighted by Gasteiger charge is -2.07. The number of nitrogens with zero attached hydrogens (tertiary/aromatic N) is 2. The number of nitrogens with one attached hydrogen (secondary N) is 2. The molecule has 0 aliphatic heterocycles. The lowest BCUT2D eigenvalue weighted by atomic mass is 10.1. The van der Waals surface area contributed by atoms with Crippen molar-refractivity contribution < 1.29 is 4.39 Å². The number of benzene rings is 2. The fraction of sp³-hybridized carbons (Fsp3) is 0.0667. The zero-order valence-electron chi connectivity index (χ0n) is 11.0. The minimum atomic E-state index is -0.469. The topological polar surface area (TPSA) is 53.6 Å². The zero-order chi connectivity index (χ0) is 14.7. The first-order chi connectivity index (χ1) is 10.3. The molecule has 0 saturated heterocycles. The summed E-state index contributed by atoms with van der Waals surface area (Å²) >= 11 is 5.75. The minimum absolute atomic E-state index is 0.0865. The molecular formula is C15H12ClFN4. The Morgan fingerprint density at radius 1 is 1.05 bits per heavy atom. The van der Waals surface area contributed by atoms with Crippen molar-refractivity contribution in [3.63, 3.8) is 0 Å². The van der Waals surface area contributed by atoms with Gasteiger partial charge in [0.25, 0.3) is 0 Å². The molecule has 21 heavy (non-hydrogen) atoms. The van der Waals surface area contributed by atoms with Crippen molar-refractivity contribution >= 4 is 17.3 Å². The van der Waals surface area contributed by atoms with E-state index in [1.165, 1.54) is 6.07 Å². The predicted molar refractivity (Wildman–Crippen MR) is 80.6 cm³/mol. The number of rotatable bonds is 4.